The second-order valence-corrected chi connectivity index (χ2v) is 6.30. The highest BCUT2D eigenvalue weighted by atomic mass is 16.2. The van der Waals surface area contributed by atoms with E-state index in [9.17, 15) is 9.59 Å². The predicted octanol–water partition coefficient (Wildman–Crippen LogP) is 2.05. The van der Waals surface area contributed by atoms with Crippen LogP contribution >= 0.6 is 0 Å². The average molecular weight is 322 g/mol. The molecule has 6 nitrogen and oxygen atoms in total. The van der Waals surface area contributed by atoms with Crippen LogP contribution in [0.1, 0.15) is 57.4 Å². The van der Waals surface area contributed by atoms with Crippen LogP contribution < -0.4 is 10.6 Å². The van der Waals surface area contributed by atoms with Crippen molar-refractivity contribution in [3.63, 3.8) is 0 Å². The Morgan fingerprint density at radius 3 is 2.79 bits per heavy atom. The molecule has 1 saturated carbocycles. The fourth-order valence-electron chi connectivity index (χ4n) is 3.24. The van der Waals surface area contributed by atoms with Gasteiger partial charge in [-0.25, -0.2) is 9.97 Å². The van der Waals surface area contributed by atoms with E-state index in [2.05, 4.69) is 9.97 Å². The Morgan fingerprint density at radius 2 is 2.04 bits per heavy atom. The van der Waals surface area contributed by atoms with Crippen LogP contribution in [-0.4, -0.2) is 28.3 Å². The largest absolute Gasteiger partial charge is 0.366 e. The number of hydrogen-bond donors (Lipinski definition) is 1. The summed E-state index contributed by atoms with van der Waals surface area (Å²) in [7, 11) is 0. The lowest BCUT2D eigenvalue weighted by molar-refractivity contribution is 0.0973. The lowest BCUT2D eigenvalue weighted by Gasteiger charge is -2.30. The molecule has 2 N–H and O–H groups in total. The Labute approximate surface area is 139 Å². The second-order valence-electron chi connectivity index (χ2n) is 6.30. The van der Waals surface area contributed by atoms with Crippen molar-refractivity contribution in [3.8, 4) is 0 Å². The molecule has 1 aliphatic carbocycles. The van der Waals surface area contributed by atoms with Crippen LogP contribution in [0.25, 0.3) is 0 Å². The Hall–Kier alpha value is -2.76. The summed E-state index contributed by atoms with van der Waals surface area (Å²) in [6, 6.07) is 6.99. The maximum absolute atomic E-state index is 13.0. The van der Waals surface area contributed by atoms with Crippen molar-refractivity contribution in [3.05, 3.63) is 53.1 Å². The van der Waals surface area contributed by atoms with Crippen LogP contribution in [0, 0.1) is 0 Å². The van der Waals surface area contributed by atoms with Gasteiger partial charge in [-0.3, -0.25) is 9.59 Å². The molecular formula is C18H18N4O2. The minimum absolute atomic E-state index is 0.151. The topological polar surface area (TPSA) is 89.2 Å². The van der Waals surface area contributed by atoms with Gasteiger partial charge in [-0.1, -0.05) is 6.07 Å². The molecule has 0 unspecified atom stereocenters. The van der Waals surface area contributed by atoms with Gasteiger partial charge in [0, 0.05) is 29.9 Å². The Kier molecular flexibility index (Phi) is 3.52. The number of amides is 2. The van der Waals surface area contributed by atoms with E-state index in [0.29, 0.717) is 23.7 Å². The molecule has 0 radical (unpaired) electrons. The molecule has 24 heavy (non-hydrogen) atoms. The molecule has 0 spiro atoms. The van der Waals surface area contributed by atoms with Gasteiger partial charge < -0.3 is 10.6 Å². The molecule has 2 heterocycles. The van der Waals surface area contributed by atoms with Gasteiger partial charge in [0.2, 0.25) is 5.91 Å². The summed E-state index contributed by atoms with van der Waals surface area (Å²) in [6.07, 6.45) is 5.37. The number of nitrogens with zero attached hydrogens (tertiary/aromatic N) is 3. The summed E-state index contributed by atoms with van der Waals surface area (Å²) in [4.78, 5) is 35.0. The zero-order valence-corrected chi connectivity index (χ0v) is 13.2. The number of nitrogens with two attached hydrogens (primary N) is 1. The number of aromatic nitrogens is 2. The van der Waals surface area contributed by atoms with E-state index in [1.807, 2.05) is 6.07 Å². The van der Waals surface area contributed by atoms with Gasteiger partial charge >= 0.3 is 0 Å². The lowest BCUT2D eigenvalue weighted by Crippen LogP contribution is -2.37. The fraction of sp³-hybridized carbons (Fsp3) is 0.333. The molecule has 4 rings (SSSR count). The van der Waals surface area contributed by atoms with Gasteiger partial charge in [-0.2, -0.15) is 0 Å². The van der Waals surface area contributed by atoms with Gasteiger partial charge in [-0.05, 0) is 49.4 Å². The van der Waals surface area contributed by atoms with E-state index in [0.717, 1.165) is 42.8 Å². The number of fused-ring (bicyclic) bond motifs is 1. The zero-order valence-electron chi connectivity index (χ0n) is 13.2. The fourth-order valence-corrected chi connectivity index (χ4v) is 3.24. The minimum Gasteiger partial charge on any atom is -0.366 e. The molecule has 1 aromatic carbocycles. The van der Waals surface area contributed by atoms with Crippen molar-refractivity contribution in [2.75, 3.05) is 11.4 Å². The number of anilines is 1. The van der Waals surface area contributed by atoms with Crippen LogP contribution in [0.2, 0.25) is 0 Å². The predicted molar refractivity (Wildman–Crippen MR) is 89.0 cm³/mol. The van der Waals surface area contributed by atoms with Gasteiger partial charge in [0.25, 0.3) is 5.91 Å². The van der Waals surface area contributed by atoms with Gasteiger partial charge in [-0.15, -0.1) is 0 Å². The van der Waals surface area contributed by atoms with E-state index in [4.69, 9.17) is 5.73 Å². The van der Waals surface area contributed by atoms with Crippen molar-refractivity contribution in [2.24, 2.45) is 5.73 Å². The molecule has 2 aromatic rings. The number of hydrogen-bond acceptors (Lipinski definition) is 4. The minimum atomic E-state index is -0.459. The van der Waals surface area contributed by atoms with Crippen LogP contribution in [0.5, 0.6) is 0 Å². The second kappa shape index (κ2) is 5.70. The highest BCUT2D eigenvalue weighted by Gasteiger charge is 2.30. The van der Waals surface area contributed by atoms with Crippen molar-refractivity contribution < 1.29 is 9.59 Å². The summed E-state index contributed by atoms with van der Waals surface area (Å²) in [6.45, 7) is 0.608. The summed E-state index contributed by atoms with van der Waals surface area (Å²) >= 11 is 0. The average Bonchev–Trinajstić information content (AvgIpc) is 3.45. The molecular weight excluding hydrogens is 304 g/mol. The number of carbonyl (C=O) groups is 2. The van der Waals surface area contributed by atoms with E-state index in [1.165, 1.54) is 0 Å². The summed E-state index contributed by atoms with van der Waals surface area (Å²) in [5.74, 6) is 0.540. The third-order valence-corrected chi connectivity index (χ3v) is 4.60. The molecule has 1 fully saturated rings. The third kappa shape index (κ3) is 2.54. The monoisotopic (exact) mass is 322 g/mol. The summed E-state index contributed by atoms with van der Waals surface area (Å²) in [5.41, 5.74) is 7.97. The normalized spacial score (nSPS) is 16.6. The van der Waals surface area contributed by atoms with E-state index in [-0.39, 0.29) is 5.91 Å². The van der Waals surface area contributed by atoms with Crippen molar-refractivity contribution in [1.29, 1.82) is 0 Å². The standard InChI is InChI=1S/C18H18N4O2/c19-16(23)13-3-1-5-15-12(13)4-2-10-22(15)18(24)14-8-9-20-17(21-14)11-6-7-11/h1,3,5,8-9,11H,2,4,6-7,10H2,(H2,19,23). The number of benzene rings is 1. The molecule has 1 aromatic heterocycles. The maximum atomic E-state index is 13.0. The summed E-state index contributed by atoms with van der Waals surface area (Å²) in [5, 5.41) is 0. The first-order chi connectivity index (χ1) is 11.6. The molecule has 1 aliphatic heterocycles. The van der Waals surface area contributed by atoms with Crippen LogP contribution in [0.4, 0.5) is 5.69 Å². The molecule has 6 heteroatoms. The highest BCUT2D eigenvalue weighted by molar-refractivity contribution is 6.06. The van der Waals surface area contributed by atoms with Crippen LogP contribution in [-0.2, 0) is 6.42 Å². The first kappa shape index (κ1) is 14.8. The first-order valence-corrected chi connectivity index (χ1v) is 8.21. The van der Waals surface area contributed by atoms with Gasteiger partial charge in [0.15, 0.2) is 0 Å². The van der Waals surface area contributed by atoms with Crippen LogP contribution in [0.3, 0.4) is 0 Å². The molecule has 122 valence electrons. The third-order valence-electron chi connectivity index (χ3n) is 4.60. The van der Waals surface area contributed by atoms with Crippen molar-refractivity contribution in [1.82, 2.24) is 9.97 Å². The Bertz CT molecular complexity index is 830. The van der Waals surface area contributed by atoms with Gasteiger partial charge in [0.05, 0.1) is 0 Å². The molecule has 2 aliphatic rings. The number of primary amides is 1. The quantitative estimate of drug-likeness (QED) is 0.936. The number of rotatable bonds is 3. The van der Waals surface area contributed by atoms with E-state index >= 15 is 0 Å². The SMILES string of the molecule is NC(=O)c1cccc2c1CCCN2C(=O)c1ccnc(C2CC2)n1. The number of carbonyl (C=O) groups excluding carboxylic acids is 2. The van der Waals surface area contributed by atoms with E-state index in [1.54, 1.807) is 29.3 Å². The lowest BCUT2D eigenvalue weighted by atomic mass is 9.95. The summed E-state index contributed by atoms with van der Waals surface area (Å²) < 4.78 is 0. The van der Waals surface area contributed by atoms with Crippen LogP contribution in [0.15, 0.2) is 30.5 Å². The highest BCUT2D eigenvalue weighted by Crippen LogP contribution is 2.38. The molecule has 0 atom stereocenters. The first-order valence-electron chi connectivity index (χ1n) is 8.21. The van der Waals surface area contributed by atoms with E-state index < -0.39 is 5.91 Å². The van der Waals surface area contributed by atoms with Gasteiger partial charge in [0.1, 0.15) is 11.5 Å². The molecule has 0 bridgehead atoms. The van der Waals surface area contributed by atoms with Crippen molar-refractivity contribution >= 4 is 17.5 Å². The zero-order chi connectivity index (χ0) is 16.7. The molecule has 0 saturated heterocycles. The van der Waals surface area contributed by atoms with Crippen molar-refractivity contribution in [2.45, 2.75) is 31.6 Å². The Balaban J connectivity index is 1.71. The Morgan fingerprint density at radius 1 is 1.21 bits per heavy atom. The molecule has 2 amide bonds. The smallest absolute Gasteiger partial charge is 0.277 e. The maximum Gasteiger partial charge on any atom is 0.277 e.